The average molecular weight is 882 g/mol. The molecule has 0 aliphatic carbocycles. The van der Waals surface area contributed by atoms with E-state index < -0.39 is 42.2 Å². The fourth-order valence-electron chi connectivity index (χ4n) is 7.66. The molecule has 4 aromatic rings. The summed E-state index contributed by atoms with van der Waals surface area (Å²) in [5.74, 6) is -0.821. The van der Waals surface area contributed by atoms with Gasteiger partial charge >= 0.3 is 12.0 Å². The predicted molar refractivity (Wildman–Crippen MR) is 242 cm³/mol. The van der Waals surface area contributed by atoms with Crippen LogP contribution in [0.15, 0.2) is 41.9 Å². The van der Waals surface area contributed by atoms with Gasteiger partial charge in [-0.15, -0.1) is 11.3 Å². The van der Waals surface area contributed by atoms with Crippen molar-refractivity contribution in [3.63, 3.8) is 0 Å². The normalized spacial score (nSPS) is 21.0. The monoisotopic (exact) mass is 881 g/mol. The van der Waals surface area contributed by atoms with Crippen LogP contribution in [0.4, 0.5) is 9.18 Å². The number of methoxy groups -OCH3 is 1. The van der Waals surface area contributed by atoms with Crippen molar-refractivity contribution >= 4 is 94.1 Å². The number of likely N-dealkylation sites (tertiary alicyclic amines) is 1. The standard InChI is InChI=1S/C39H48FN7O5S.4H2S/c1-6-45-32-12-11-24-17-27(32)28(35(45)26-9-7-14-41-34(26)23(2)51-5)19-39(3,4)22-52-37(49)29-10-8-15-47(44-29)36(48)30(18-33-42-31(24)21-53-33)43-38(50)46-16-13-25(46)20-40;;;;/h7,9,11-12,14,17,21,23,25,29-30,44H,6,8,10,13,15-16,18-20,22H2,1-5H3,(H,43,50);4*1H2/t23-,25-,29-,30-;;;;/m0..../s1. The van der Waals surface area contributed by atoms with Gasteiger partial charge in [-0.05, 0) is 69.4 Å². The fourth-order valence-corrected chi connectivity index (χ4v) is 8.51. The van der Waals surface area contributed by atoms with Gasteiger partial charge in [0.05, 0.1) is 40.8 Å². The summed E-state index contributed by atoms with van der Waals surface area (Å²) in [6, 6.07) is 7.71. The smallest absolute Gasteiger partial charge is 0.324 e. The quantitative estimate of drug-likeness (QED) is 0.216. The van der Waals surface area contributed by atoms with E-state index in [2.05, 4.69) is 60.3 Å². The van der Waals surface area contributed by atoms with Gasteiger partial charge in [-0.3, -0.25) is 19.6 Å². The van der Waals surface area contributed by atoms with Crippen molar-refractivity contribution in [1.82, 2.24) is 35.2 Å². The summed E-state index contributed by atoms with van der Waals surface area (Å²) in [7, 11) is 1.69. The number of carbonyl (C=O) groups excluding carboxylic acids is 3. The molecule has 3 aromatic heterocycles. The number of hydrogen-bond acceptors (Lipinski definition) is 9. The fraction of sp³-hybridized carbons (Fsp3) is 0.513. The molecule has 0 spiro atoms. The number of aromatic nitrogens is 3. The number of esters is 1. The molecule has 6 heterocycles. The number of carbonyl (C=O) groups is 3. The summed E-state index contributed by atoms with van der Waals surface area (Å²) < 4.78 is 27.6. The Hall–Kier alpha value is -3.00. The number of hydrazine groups is 1. The first-order valence-corrected chi connectivity index (χ1v) is 19.3. The Morgan fingerprint density at radius 3 is 2.61 bits per heavy atom. The second-order valence-corrected chi connectivity index (χ2v) is 15.9. The summed E-state index contributed by atoms with van der Waals surface area (Å²) >= 11 is 1.42. The number of fused-ring (bicyclic) bond motifs is 6. The maximum atomic E-state index is 14.1. The molecule has 18 heteroatoms. The van der Waals surface area contributed by atoms with E-state index in [0.29, 0.717) is 50.3 Å². The van der Waals surface area contributed by atoms with Gasteiger partial charge in [-0.2, -0.15) is 54.0 Å². The van der Waals surface area contributed by atoms with E-state index in [9.17, 15) is 18.8 Å². The van der Waals surface area contributed by atoms with Crippen LogP contribution in [0, 0.1) is 5.41 Å². The zero-order chi connectivity index (χ0) is 37.4. The van der Waals surface area contributed by atoms with Gasteiger partial charge in [-0.1, -0.05) is 19.9 Å². The Bertz CT molecular complexity index is 2030. The lowest BCUT2D eigenvalue weighted by atomic mass is 9.84. The number of rotatable bonds is 6. The van der Waals surface area contributed by atoms with Crippen molar-refractivity contribution in [1.29, 1.82) is 0 Å². The summed E-state index contributed by atoms with van der Waals surface area (Å²) in [5.41, 5.74) is 9.37. The molecule has 3 amide bonds. The Balaban J connectivity index is 0.00000218. The number of hydrogen-bond donors (Lipinski definition) is 2. The van der Waals surface area contributed by atoms with Crippen LogP contribution in [0.5, 0.6) is 0 Å². The van der Waals surface area contributed by atoms with Crippen LogP contribution < -0.4 is 10.7 Å². The molecule has 2 N–H and O–H groups in total. The van der Waals surface area contributed by atoms with E-state index >= 15 is 0 Å². The van der Waals surface area contributed by atoms with Crippen molar-refractivity contribution in [2.75, 3.05) is 33.5 Å². The first kappa shape index (κ1) is 48.4. The predicted octanol–water partition coefficient (Wildman–Crippen LogP) is 6.29. The van der Waals surface area contributed by atoms with Crippen LogP contribution >= 0.6 is 65.3 Å². The van der Waals surface area contributed by atoms with Crippen LogP contribution in [0.25, 0.3) is 33.4 Å². The molecule has 57 heavy (non-hydrogen) atoms. The van der Waals surface area contributed by atoms with E-state index in [4.69, 9.17) is 19.4 Å². The summed E-state index contributed by atoms with van der Waals surface area (Å²) in [6.07, 6.45) is 3.95. The summed E-state index contributed by atoms with van der Waals surface area (Å²) in [6.45, 7) is 9.34. The number of pyridine rings is 1. The number of halogens is 1. The molecule has 12 nitrogen and oxygen atoms in total. The zero-order valence-corrected chi connectivity index (χ0v) is 37.8. The van der Waals surface area contributed by atoms with E-state index in [0.717, 1.165) is 44.7 Å². The third-order valence-electron chi connectivity index (χ3n) is 10.7. The van der Waals surface area contributed by atoms with Crippen LogP contribution in [0.2, 0.25) is 0 Å². The highest BCUT2D eigenvalue weighted by atomic mass is 32.1. The van der Waals surface area contributed by atoms with E-state index in [1.165, 1.54) is 21.2 Å². The van der Waals surface area contributed by atoms with Crippen molar-refractivity contribution < 1.29 is 28.2 Å². The summed E-state index contributed by atoms with van der Waals surface area (Å²) in [4.78, 5) is 52.1. The average Bonchev–Trinajstić information content (AvgIpc) is 3.74. The van der Waals surface area contributed by atoms with Crippen molar-refractivity contribution in [2.45, 2.75) is 90.6 Å². The highest BCUT2D eigenvalue weighted by molar-refractivity contribution is 7.59. The van der Waals surface area contributed by atoms with Gasteiger partial charge in [0.2, 0.25) is 0 Å². The lowest BCUT2D eigenvalue weighted by Gasteiger charge is -2.40. The van der Waals surface area contributed by atoms with E-state index in [1.807, 2.05) is 18.4 Å². The SMILES string of the molecule is CCn1c(-c2cccnc2[C@H](C)OC)c2c3cc(ccc31)-c1csc(n1)C[C@H](NC(=O)N1CC[C@H]1CF)C(=O)N1CCC[C@H](N1)C(=O)OCC(C)(C)C2.S.S.S.S. The Morgan fingerprint density at radius 2 is 1.93 bits per heavy atom. The first-order valence-electron chi connectivity index (χ1n) is 18.5. The van der Waals surface area contributed by atoms with Crippen LogP contribution in [-0.4, -0.2) is 94.0 Å². The Labute approximate surface area is 365 Å². The minimum Gasteiger partial charge on any atom is -0.464 e. The lowest BCUT2D eigenvalue weighted by Crippen LogP contribution is -2.63. The number of nitrogens with zero attached hydrogens (tertiary/aromatic N) is 5. The number of alkyl halides is 1. The van der Waals surface area contributed by atoms with Crippen LogP contribution in [0.3, 0.4) is 0 Å². The number of benzene rings is 1. The van der Waals surface area contributed by atoms with Gasteiger partial charge in [0.15, 0.2) is 0 Å². The van der Waals surface area contributed by atoms with E-state index in [1.54, 1.807) is 13.3 Å². The number of nitrogens with one attached hydrogen (secondary N) is 2. The van der Waals surface area contributed by atoms with Crippen LogP contribution in [0.1, 0.15) is 69.3 Å². The number of cyclic esters (lactones) is 1. The van der Waals surface area contributed by atoms with Gasteiger partial charge in [0.1, 0.15) is 18.8 Å². The van der Waals surface area contributed by atoms with Crippen molar-refractivity contribution in [3.8, 4) is 22.5 Å². The molecular formula is C39H56FN7O5S5. The maximum absolute atomic E-state index is 14.1. The molecule has 314 valence electrons. The van der Waals surface area contributed by atoms with Gasteiger partial charge < -0.3 is 24.3 Å². The maximum Gasteiger partial charge on any atom is 0.324 e. The molecule has 1 aromatic carbocycles. The third kappa shape index (κ3) is 9.90. The van der Waals surface area contributed by atoms with Gasteiger partial charge in [-0.25, -0.2) is 19.6 Å². The first-order chi connectivity index (χ1) is 25.5. The Morgan fingerprint density at radius 1 is 1.16 bits per heavy atom. The second kappa shape index (κ2) is 20.3. The molecular weight excluding hydrogens is 826 g/mol. The molecule has 4 atom stereocenters. The van der Waals surface area contributed by atoms with Gasteiger partial charge in [0, 0.05) is 72.2 Å². The number of amides is 3. The largest absolute Gasteiger partial charge is 0.464 e. The third-order valence-corrected chi connectivity index (χ3v) is 11.6. The molecule has 0 saturated carbocycles. The lowest BCUT2D eigenvalue weighted by molar-refractivity contribution is -0.155. The molecule has 0 unspecified atom stereocenters. The minimum atomic E-state index is -0.985. The Kier molecular flexibility index (Phi) is 17.2. The molecule has 3 aliphatic heterocycles. The topological polar surface area (TPSA) is 131 Å². The minimum absolute atomic E-state index is 0. The van der Waals surface area contributed by atoms with E-state index in [-0.39, 0.29) is 79.0 Å². The highest BCUT2D eigenvalue weighted by Crippen LogP contribution is 2.42. The summed E-state index contributed by atoms with van der Waals surface area (Å²) in [5, 5.41) is 7.99. The molecule has 3 aliphatic rings. The number of aryl methyl sites for hydroxylation is 1. The highest BCUT2D eigenvalue weighted by Gasteiger charge is 2.38. The van der Waals surface area contributed by atoms with Crippen molar-refractivity contribution in [2.24, 2.45) is 5.41 Å². The zero-order valence-electron chi connectivity index (χ0n) is 33.0. The van der Waals surface area contributed by atoms with Crippen molar-refractivity contribution in [3.05, 3.63) is 58.2 Å². The number of ether oxygens (including phenoxy) is 2. The number of thiazole rings is 1. The van der Waals surface area contributed by atoms with Crippen LogP contribution in [-0.2, 0) is 38.4 Å². The molecule has 0 radical (unpaired) electrons. The second-order valence-electron chi connectivity index (χ2n) is 15.0. The molecule has 7 rings (SSSR count). The van der Waals surface area contributed by atoms with Gasteiger partial charge in [0.25, 0.3) is 5.91 Å². The molecule has 2 fully saturated rings. The number of urea groups is 1. The molecule has 6 bridgehead atoms. The molecule has 2 saturated heterocycles.